The van der Waals surface area contributed by atoms with Gasteiger partial charge in [-0.25, -0.2) is 9.97 Å². The van der Waals surface area contributed by atoms with E-state index in [0.29, 0.717) is 17.4 Å². The van der Waals surface area contributed by atoms with Crippen LogP contribution >= 0.6 is 0 Å². The molecule has 0 amide bonds. The fraction of sp³-hybridized carbons (Fsp3) is 0.412. The van der Waals surface area contributed by atoms with Crippen molar-refractivity contribution in [3.05, 3.63) is 30.0 Å². The van der Waals surface area contributed by atoms with Crippen LogP contribution in [0, 0.1) is 28.6 Å². The van der Waals surface area contributed by atoms with Crippen LogP contribution in [0.5, 0.6) is 0 Å². The van der Waals surface area contributed by atoms with E-state index in [1.54, 1.807) is 0 Å². The van der Waals surface area contributed by atoms with Crippen LogP contribution in [-0.4, -0.2) is 23.1 Å². The lowest BCUT2D eigenvalue weighted by Crippen LogP contribution is -2.36. The second-order valence-electron chi connectivity index (χ2n) is 5.81. The van der Waals surface area contributed by atoms with E-state index in [0.717, 1.165) is 30.5 Å². The van der Waals surface area contributed by atoms with E-state index >= 15 is 0 Å². The summed E-state index contributed by atoms with van der Waals surface area (Å²) >= 11 is 0. The topological polar surface area (TPSA) is 76.6 Å². The number of hydrogen-bond donors (Lipinski definition) is 0. The number of piperidine rings is 1. The van der Waals surface area contributed by atoms with Crippen LogP contribution in [0.15, 0.2) is 24.3 Å². The number of nitrogens with zero attached hydrogens (tertiary/aromatic N) is 5. The molecule has 0 unspecified atom stereocenters. The van der Waals surface area contributed by atoms with Gasteiger partial charge in [0.1, 0.15) is 5.69 Å². The molecule has 5 nitrogen and oxygen atoms in total. The zero-order chi connectivity index (χ0) is 15.5. The molecule has 0 radical (unpaired) electrons. The Morgan fingerprint density at radius 2 is 1.86 bits per heavy atom. The summed E-state index contributed by atoms with van der Waals surface area (Å²) in [4.78, 5) is 11.5. The number of nitriles is 2. The second-order valence-corrected chi connectivity index (χ2v) is 5.81. The fourth-order valence-corrected chi connectivity index (χ4v) is 2.96. The molecule has 1 fully saturated rings. The van der Waals surface area contributed by atoms with Gasteiger partial charge in [-0.3, -0.25) is 0 Å². The summed E-state index contributed by atoms with van der Waals surface area (Å²) in [5, 5.41) is 18.5. The van der Waals surface area contributed by atoms with Gasteiger partial charge in [0, 0.05) is 13.1 Å². The highest BCUT2D eigenvalue weighted by atomic mass is 15.2. The maximum atomic E-state index is 9.27. The Bertz CT molecular complexity index is 757. The molecule has 110 valence electrons. The maximum absolute atomic E-state index is 9.27. The molecule has 1 aliphatic rings. The number of hydrogen-bond acceptors (Lipinski definition) is 5. The van der Waals surface area contributed by atoms with Crippen molar-refractivity contribution in [2.24, 2.45) is 5.92 Å². The van der Waals surface area contributed by atoms with Gasteiger partial charge in [-0.1, -0.05) is 19.1 Å². The standard InChI is InChI=1S/C17H17N5/c1-12-5-4-8-22(11-12)17-16(13(9-18)10-19)20-14-6-2-3-7-15(14)21-17/h2-3,6-7,12-13H,4-5,8,11H2,1H3/t12-/m1/s1. The van der Waals surface area contributed by atoms with Gasteiger partial charge in [0.15, 0.2) is 11.7 Å². The molecule has 1 aromatic carbocycles. The van der Waals surface area contributed by atoms with E-state index in [2.05, 4.69) is 16.8 Å². The van der Waals surface area contributed by atoms with Gasteiger partial charge in [0.05, 0.1) is 23.2 Å². The smallest absolute Gasteiger partial charge is 0.178 e. The average Bonchev–Trinajstić information content (AvgIpc) is 2.55. The summed E-state index contributed by atoms with van der Waals surface area (Å²) in [7, 11) is 0. The molecule has 5 heteroatoms. The lowest BCUT2D eigenvalue weighted by molar-refractivity contribution is 0.443. The molecule has 0 bridgehead atoms. The van der Waals surface area contributed by atoms with Gasteiger partial charge in [0.25, 0.3) is 0 Å². The quantitative estimate of drug-likeness (QED) is 0.850. The normalized spacial score (nSPS) is 18.2. The van der Waals surface area contributed by atoms with Gasteiger partial charge in [-0.2, -0.15) is 10.5 Å². The number of benzene rings is 1. The molecule has 1 saturated heterocycles. The lowest BCUT2D eigenvalue weighted by atomic mass is 9.99. The van der Waals surface area contributed by atoms with Crippen molar-refractivity contribution in [1.29, 1.82) is 10.5 Å². The minimum absolute atomic E-state index is 0.484. The first-order valence-corrected chi connectivity index (χ1v) is 7.53. The van der Waals surface area contributed by atoms with Crippen molar-refractivity contribution in [2.75, 3.05) is 18.0 Å². The van der Waals surface area contributed by atoms with Gasteiger partial charge in [0.2, 0.25) is 0 Å². The Morgan fingerprint density at radius 1 is 1.18 bits per heavy atom. The Morgan fingerprint density at radius 3 is 2.50 bits per heavy atom. The molecule has 3 rings (SSSR count). The summed E-state index contributed by atoms with van der Waals surface area (Å²) in [5.41, 5.74) is 2.01. The van der Waals surface area contributed by atoms with Crippen LogP contribution in [-0.2, 0) is 0 Å². The van der Waals surface area contributed by atoms with Crippen LogP contribution in [0.3, 0.4) is 0 Å². The van der Waals surface area contributed by atoms with Crippen molar-refractivity contribution in [1.82, 2.24) is 9.97 Å². The highest BCUT2D eigenvalue weighted by molar-refractivity contribution is 5.77. The predicted octanol–water partition coefficient (Wildman–Crippen LogP) is 3.00. The number of anilines is 1. The first kappa shape index (κ1) is 14.3. The zero-order valence-electron chi connectivity index (χ0n) is 12.5. The molecule has 1 atom stereocenters. The molecule has 1 aliphatic heterocycles. The third kappa shape index (κ3) is 2.58. The average molecular weight is 291 g/mol. The summed E-state index contributed by atoms with van der Waals surface area (Å²) < 4.78 is 0. The van der Waals surface area contributed by atoms with Gasteiger partial charge < -0.3 is 4.90 Å². The molecular weight excluding hydrogens is 274 g/mol. The van der Waals surface area contributed by atoms with Crippen LogP contribution in [0.4, 0.5) is 5.82 Å². The van der Waals surface area contributed by atoms with Crippen LogP contribution in [0.2, 0.25) is 0 Å². The van der Waals surface area contributed by atoms with E-state index in [4.69, 9.17) is 4.98 Å². The first-order chi connectivity index (χ1) is 10.7. The number of fused-ring (bicyclic) bond motifs is 1. The highest BCUT2D eigenvalue weighted by Gasteiger charge is 2.25. The lowest BCUT2D eigenvalue weighted by Gasteiger charge is -2.33. The molecule has 2 heterocycles. The van der Waals surface area contributed by atoms with E-state index < -0.39 is 5.92 Å². The van der Waals surface area contributed by atoms with E-state index in [-0.39, 0.29) is 0 Å². The summed E-state index contributed by atoms with van der Waals surface area (Å²) in [6.45, 7) is 4.00. The number of rotatable bonds is 2. The van der Waals surface area contributed by atoms with Crippen molar-refractivity contribution < 1.29 is 0 Å². The van der Waals surface area contributed by atoms with Crippen molar-refractivity contribution in [3.63, 3.8) is 0 Å². The molecular formula is C17H17N5. The zero-order valence-corrected chi connectivity index (χ0v) is 12.5. The summed E-state index contributed by atoms with van der Waals surface area (Å²) in [6, 6.07) is 11.6. The van der Waals surface area contributed by atoms with Crippen molar-refractivity contribution in [3.8, 4) is 12.1 Å². The maximum Gasteiger partial charge on any atom is 0.178 e. The Labute approximate surface area is 129 Å². The molecule has 2 aromatic rings. The van der Waals surface area contributed by atoms with Gasteiger partial charge >= 0.3 is 0 Å². The SMILES string of the molecule is C[C@@H]1CCCN(c2nc3ccccc3nc2C(C#N)C#N)C1. The largest absolute Gasteiger partial charge is 0.355 e. The Hall–Kier alpha value is -2.66. The summed E-state index contributed by atoms with van der Waals surface area (Å²) in [6.07, 6.45) is 2.30. The van der Waals surface area contributed by atoms with E-state index in [9.17, 15) is 10.5 Å². The molecule has 1 aromatic heterocycles. The van der Waals surface area contributed by atoms with E-state index in [1.165, 1.54) is 6.42 Å². The van der Waals surface area contributed by atoms with Gasteiger partial charge in [-0.05, 0) is 30.9 Å². The van der Waals surface area contributed by atoms with Crippen molar-refractivity contribution >= 4 is 16.9 Å². The molecule has 0 aliphatic carbocycles. The first-order valence-electron chi connectivity index (χ1n) is 7.53. The van der Waals surface area contributed by atoms with Crippen molar-refractivity contribution in [2.45, 2.75) is 25.7 Å². The van der Waals surface area contributed by atoms with E-state index in [1.807, 2.05) is 36.4 Å². The van der Waals surface area contributed by atoms with Crippen LogP contribution in [0.25, 0.3) is 11.0 Å². The third-order valence-corrected chi connectivity index (χ3v) is 4.07. The predicted molar refractivity (Wildman–Crippen MR) is 84.1 cm³/mol. The molecule has 0 saturated carbocycles. The minimum Gasteiger partial charge on any atom is -0.355 e. The molecule has 0 spiro atoms. The monoisotopic (exact) mass is 291 g/mol. The van der Waals surface area contributed by atoms with Crippen LogP contribution in [0.1, 0.15) is 31.4 Å². The summed E-state index contributed by atoms with van der Waals surface area (Å²) in [5.74, 6) is 0.389. The number of para-hydroxylation sites is 2. The van der Waals surface area contributed by atoms with Crippen LogP contribution < -0.4 is 4.90 Å². The Kier molecular flexibility index (Phi) is 3.89. The fourth-order valence-electron chi connectivity index (χ4n) is 2.96. The Balaban J connectivity index is 2.15. The second kappa shape index (κ2) is 5.99. The van der Waals surface area contributed by atoms with Gasteiger partial charge in [-0.15, -0.1) is 0 Å². The molecule has 0 N–H and O–H groups in total. The number of aromatic nitrogens is 2. The third-order valence-electron chi connectivity index (χ3n) is 4.07. The molecule has 22 heavy (non-hydrogen) atoms. The highest BCUT2D eigenvalue weighted by Crippen LogP contribution is 2.29. The minimum atomic E-state index is -0.885.